The molecule has 0 unspecified atom stereocenters. The highest BCUT2D eigenvalue weighted by Crippen LogP contribution is 2.25. The fourth-order valence-corrected chi connectivity index (χ4v) is 2.87. The van der Waals surface area contributed by atoms with Gasteiger partial charge < -0.3 is 5.32 Å². The monoisotopic (exact) mass is 348 g/mol. The number of nitrogens with one attached hydrogen (secondary N) is 1. The van der Waals surface area contributed by atoms with Crippen molar-refractivity contribution in [1.29, 1.82) is 0 Å². The van der Waals surface area contributed by atoms with Gasteiger partial charge in [0.2, 0.25) is 0 Å². The van der Waals surface area contributed by atoms with E-state index in [9.17, 15) is 9.18 Å². The number of aryl methyl sites for hydroxylation is 1. The van der Waals surface area contributed by atoms with Crippen LogP contribution in [0.2, 0.25) is 10.0 Å². The zero-order valence-electron chi connectivity index (χ0n) is 12.0. The zero-order valence-corrected chi connectivity index (χ0v) is 13.5. The molecule has 0 aliphatic rings. The maximum Gasteiger partial charge on any atom is 0.256 e. The smallest absolute Gasteiger partial charge is 0.256 e. The van der Waals surface area contributed by atoms with Gasteiger partial charge in [0, 0.05) is 26.8 Å². The molecule has 0 saturated carbocycles. The Balaban J connectivity index is 2.05. The second-order valence-electron chi connectivity index (χ2n) is 5.08. The van der Waals surface area contributed by atoms with Gasteiger partial charge in [0.15, 0.2) is 0 Å². The van der Waals surface area contributed by atoms with E-state index in [1.54, 1.807) is 37.3 Å². The Morgan fingerprint density at radius 2 is 1.78 bits per heavy atom. The SMILES string of the molecule is Cc1cc(C(=O)Nc2cc(Cl)cc(Cl)c2)c2cc(F)ccc2n1. The van der Waals surface area contributed by atoms with Crippen molar-refractivity contribution in [2.45, 2.75) is 6.92 Å². The predicted octanol–water partition coefficient (Wildman–Crippen LogP) is 5.24. The number of pyridine rings is 1. The number of benzene rings is 2. The maximum atomic E-state index is 13.5. The highest BCUT2D eigenvalue weighted by molar-refractivity contribution is 6.35. The Kier molecular flexibility index (Phi) is 4.20. The van der Waals surface area contributed by atoms with E-state index in [-0.39, 0.29) is 5.91 Å². The van der Waals surface area contributed by atoms with Gasteiger partial charge in [-0.2, -0.15) is 0 Å². The van der Waals surface area contributed by atoms with Crippen molar-refractivity contribution < 1.29 is 9.18 Å². The Bertz CT molecular complexity index is 908. The van der Waals surface area contributed by atoms with Gasteiger partial charge in [-0.3, -0.25) is 9.78 Å². The van der Waals surface area contributed by atoms with E-state index in [1.807, 2.05) is 0 Å². The first-order valence-corrected chi connectivity index (χ1v) is 7.52. The molecule has 23 heavy (non-hydrogen) atoms. The van der Waals surface area contributed by atoms with E-state index < -0.39 is 5.82 Å². The molecule has 1 heterocycles. The number of anilines is 1. The van der Waals surface area contributed by atoms with Gasteiger partial charge in [-0.25, -0.2) is 4.39 Å². The number of hydrogen-bond acceptors (Lipinski definition) is 2. The summed E-state index contributed by atoms with van der Waals surface area (Å²) in [5, 5.41) is 3.99. The van der Waals surface area contributed by atoms with Crippen LogP contribution >= 0.6 is 23.2 Å². The van der Waals surface area contributed by atoms with Crippen LogP contribution in [0.3, 0.4) is 0 Å². The van der Waals surface area contributed by atoms with Crippen LogP contribution in [-0.4, -0.2) is 10.9 Å². The molecule has 1 amide bonds. The molecular weight excluding hydrogens is 338 g/mol. The van der Waals surface area contributed by atoms with E-state index in [4.69, 9.17) is 23.2 Å². The van der Waals surface area contributed by atoms with Crippen LogP contribution < -0.4 is 5.32 Å². The van der Waals surface area contributed by atoms with Gasteiger partial charge in [0.25, 0.3) is 5.91 Å². The van der Waals surface area contributed by atoms with Gasteiger partial charge in [-0.15, -0.1) is 0 Å². The number of aromatic nitrogens is 1. The lowest BCUT2D eigenvalue weighted by Crippen LogP contribution is -2.13. The fraction of sp³-hybridized carbons (Fsp3) is 0.0588. The average molecular weight is 349 g/mol. The van der Waals surface area contributed by atoms with Crippen LogP contribution in [0.4, 0.5) is 10.1 Å². The van der Waals surface area contributed by atoms with Crippen LogP contribution in [0.5, 0.6) is 0 Å². The van der Waals surface area contributed by atoms with Gasteiger partial charge in [0.05, 0.1) is 11.1 Å². The van der Waals surface area contributed by atoms with Gasteiger partial charge in [-0.1, -0.05) is 23.2 Å². The minimum Gasteiger partial charge on any atom is -0.322 e. The Labute approximate surface area is 142 Å². The fourth-order valence-electron chi connectivity index (χ4n) is 2.34. The second-order valence-corrected chi connectivity index (χ2v) is 5.96. The van der Waals surface area contributed by atoms with E-state index in [2.05, 4.69) is 10.3 Å². The third-order valence-electron chi connectivity index (χ3n) is 3.26. The number of carbonyl (C=O) groups is 1. The Hall–Kier alpha value is -2.17. The summed E-state index contributed by atoms with van der Waals surface area (Å²) in [6.45, 7) is 1.77. The van der Waals surface area contributed by atoms with Crippen molar-refractivity contribution in [3.8, 4) is 0 Å². The van der Waals surface area contributed by atoms with E-state index in [1.165, 1.54) is 12.1 Å². The first-order valence-electron chi connectivity index (χ1n) is 6.77. The molecule has 0 bridgehead atoms. The number of nitrogens with zero attached hydrogens (tertiary/aromatic N) is 1. The number of halogens is 3. The van der Waals surface area contributed by atoms with Crippen LogP contribution in [0, 0.1) is 12.7 Å². The van der Waals surface area contributed by atoms with E-state index in [0.29, 0.717) is 37.9 Å². The normalized spacial score (nSPS) is 10.8. The summed E-state index contributed by atoms with van der Waals surface area (Å²) in [6, 6.07) is 10.5. The van der Waals surface area contributed by atoms with Crippen LogP contribution in [-0.2, 0) is 0 Å². The minimum absolute atomic E-state index is 0.336. The topological polar surface area (TPSA) is 42.0 Å². The lowest BCUT2D eigenvalue weighted by molar-refractivity contribution is 0.102. The molecule has 0 atom stereocenters. The molecular formula is C17H11Cl2FN2O. The number of fused-ring (bicyclic) bond motifs is 1. The molecule has 1 aromatic heterocycles. The molecule has 0 radical (unpaired) electrons. The molecule has 0 spiro atoms. The number of carbonyl (C=O) groups excluding carboxylic acids is 1. The predicted molar refractivity (Wildman–Crippen MR) is 90.9 cm³/mol. The van der Waals surface area contributed by atoms with Crippen molar-refractivity contribution in [2.24, 2.45) is 0 Å². The summed E-state index contributed by atoms with van der Waals surface area (Å²) in [5.74, 6) is -0.813. The third-order valence-corrected chi connectivity index (χ3v) is 3.70. The van der Waals surface area contributed by atoms with Crippen molar-refractivity contribution in [2.75, 3.05) is 5.32 Å². The molecule has 116 valence electrons. The second kappa shape index (κ2) is 6.14. The lowest BCUT2D eigenvalue weighted by atomic mass is 10.1. The molecule has 6 heteroatoms. The van der Waals surface area contributed by atoms with E-state index >= 15 is 0 Å². The molecule has 0 saturated heterocycles. The molecule has 0 aliphatic carbocycles. The lowest BCUT2D eigenvalue weighted by Gasteiger charge is -2.10. The van der Waals surface area contributed by atoms with Crippen molar-refractivity contribution >= 4 is 45.7 Å². The molecule has 0 aliphatic heterocycles. The maximum absolute atomic E-state index is 13.5. The van der Waals surface area contributed by atoms with Gasteiger partial charge in [0.1, 0.15) is 5.82 Å². The number of rotatable bonds is 2. The van der Waals surface area contributed by atoms with Gasteiger partial charge in [-0.05, 0) is 49.4 Å². The molecule has 3 rings (SSSR count). The summed E-state index contributed by atoms with van der Waals surface area (Å²) in [7, 11) is 0. The summed E-state index contributed by atoms with van der Waals surface area (Å²) >= 11 is 11.9. The minimum atomic E-state index is -0.428. The molecule has 3 aromatic rings. The average Bonchev–Trinajstić information content (AvgIpc) is 2.45. The quantitative estimate of drug-likeness (QED) is 0.687. The summed E-state index contributed by atoms with van der Waals surface area (Å²) in [5.41, 5.74) is 2.02. The molecule has 0 fully saturated rings. The Morgan fingerprint density at radius 1 is 1.09 bits per heavy atom. The first-order chi connectivity index (χ1) is 10.9. The van der Waals surface area contributed by atoms with Crippen molar-refractivity contribution in [3.05, 3.63) is 69.6 Å². The van der Waals surface area contributed by atoms with Crippen LogP contribution in [0.15, 0.2) is 42.5 Å². The summed E-state index contributed by atoms with van der Waals surface area (Å²) in [4.78, 5) is 16.9. The van der Waals surface area contributed by atoms with E-state index in [0.717, 1.165) is 0 Å². The third kappa shape index (κ3) is 3.44. The number of hydrogen-bond donors (Lipinski definition) is 1. The zero-order chi connectivity index (χ0) is 16.6. The first kappa shape index (κ1) is 15.7. The number of amides is 1. The summed E-state index contributed by atoms with van der Waals surface area (Å²) in [6.07, 6.45) is 0. The highest BCUT2D eigenvalue weighted by Gasteiger charge is 2.13. The Morgan fingerprint density at radius 3 is 2.48 bits per heavy atom. The van der Waals surface area contributed by atoms with Crippen LogP contribution in [0.25, 0.3) is 10.9 Å². The van der Waals surface area contributed by atoms with Crippen molar-refractivity contribution in [3.63, 3.8) is 0 Å². The standard InChI is InChI=1S/C17H11Cl2FN2O/c1-9-4-15(14-8-12(20)2-3-16(14)21-9)17(23)22-13-6-10(18)5-11(19)7-13/h2-8H,1H3,(H,22,23). The highest BCUT2D eigenvalue weighted by atomic mass is 35.5. The molecule has 3 nitrogen and oxygen atoms in total. The molecule has 2 aromatic carbocycles. The largest absolute Gasteiger partial charge is 0.322 e. The van der Waals surface area contributed by atoms with Gasteiger partial charge >= 0.3 is 0 Å². The van der Waals surface area contributed by atoms with Crippen molar-refractivity contribution in [1.82, 2.24) is 4.98 Å². The summed E-state index contributed by atoms with van der Waals surface area (Å²) < 4.78 is 13.5. The van der Waals surface area contributed by atoms with Crippen LogP contribution in [0.1, 0.15) is 16.1 Å². The molecule has 1 N–H and O–H groups in total.